The molecule has 3 atom stereocenters. The van der Waals surface area contributed by atoms with Crippen molar-refractivity contribution in [3.63, 3.8) is 0 Å². The minimum atomic E-state index is -3.99. The maximum absolute atomic E-state index is 13.9. The third-order valence-electron chi connectivity index (χ3n) is 8.57. The number of hydrogen-bond donors (Lipinski definition) is 2. The molecule has 2 amide bonds. The molecule has 3 aromatic heterocycles. The molecule has 0 unspecified atom stereocenters. The van der Waals surface area contributed by atoms with Gasteiger partial charge in [0.15, 0.2) is 22.2 Å². The molecular weight excluding hydrogens is 558 g/mol. The first-order valence-electron chi connectivity index (χ1n) is 14.5. The maximum atomic E-state index is 13.9. The molecule has 0 bridgehead atoms. The Labute approximate surface area is 245 Å². The van der Waals surface area contributed by atoms with Gasteiger partial charge in [-0.1, -0.05) is 38.2 Å². The number of amides is 2. The minimum Gasteiger partial charge on any atom is -0.449 e. The predicted molar refractivity (Wildman–Crippen MR) is 155 cm³/mol. The number of aromatic nitrogens is 2. The fourth-order valence-electron chi connectivity index (χ4n) is 6.15. The van der Waals surface area contributed by atoms with E-state index in [0.29, 0.717) is 47.5 Å². The van der Waals surface area contributed by atoms with Gasteiger partial charge in [-0.3, -0.25) is 14.4 Å². The van der Waals surface area contributed by atoms with Gasteiger partial charge in [-0.25, -0.2) is 18.4 Å². The van der Waals surface area contributed by atoms with Gasteiger partial charge in [-0.05, 0) is 63.3 Å². The van der Waals surface area contributed by atoms with E-state index < -0.39 is 33.9 Å². The molecule has 0 aromatic carbocycles. The van der Waals surface area contributed by atoms with Gasteiger partial charge in [0.05, 0.1) is 24.2 Å². The number of primary amides is 1. The van der Waals surface area contributed by atoms with E-state index in [1.165, 1.54) is 23.0 Å². The van der Waals surface area contributed by atoms with E-state index in [2.05, 4.69) is 10.3 Å². The van der Waals surface area contributed by atoms with Gasteiger partial charge < -0.3 is 15.5 Å². The summed E-state index contributed by atoms with van der Waals surface area (Å²) in [5.74, 6) is -1.65. The Kier molecular flexibility index (Phi) is 8.74. The minimum absolute atomic E-state index is 0.0336. The topological polar surface area (TPSA) is 166 Å². The molecule has 0 spiro atoms. The number of fused-ring (bicyclic) bond motifs is 1. The number of pyridine rings is 2. The van der Waals surface area contributed by atoms with Crippen LogP contribution in [0.5, 0.6) is 0 Å². The third-order valence-corrected chi connectivity index (χ3v) is 10.4. The molecule has 2 aliphatic rings. The second-order valence-corrected chi connectivity index (χ2v) is 13.3. The lowest BCUT2D eigenvalue weighted by Gasteiger charge is -2.27. The normalized spacial score (nSPS) is 21.6. The highest BCUT2D eigenvalue weighted by Gasteiger charge is 2.38. The smallest absolute Gasteiger partial charge is 0.284 e. The Balaban J connectivity index is 1.40. The van der Waals surface area contributed by atoms with Crippen molar-refractivity contribution in [2.75, 3.05) is 6.54 Å². The summed E-state index contributed by atoms with van der Waals surface area (Å²) in [6.45, 7) is 3.11. The summed E-state index contributed by atoms with van der Waals surface area (Å²) in [5.41, 5.74) is 7.37. The van der Waals surface area contributed by atoms with Crippen molar-refractivity contribution in [3.8, 4) is 0 Å². The van der Waals surface area contributed by atoms with E-state index in [-0.39, 0.29) is 29.0 Å². The quantitative estimate of drug-likeness (QED) is 0.398. The number of carbonyl (C=O) groups is 3. The molecule has 0 radical (unpaired) electrons. The molecule has 1 aliphatic carbocycles. The molecule has 4 heterocycles. The lowest BCUT2D eigenvalue weighted by atomic mass is 9.81. The number of nitrogens with one attached hydrogen (secondary N) is 1. The molecule has 12 heteroatoms. The van der Waals surface area contributed by atoms with Gasteiger partial charge in [-0.2, -0.15) is 4.31 Å². The first-order valence-corrected chi connectivity index (χ1v) is 16.0. The van der Waals surface area contributed by atoms with Crippen LogP contribution in [0.3, 0.4) is 0 Å². The number of carbonyl (C=O) groups excluding carboxylic acids is 3. The van der Waals surface area contributed by atoms with Crippen molar-refractivity contribution >= 4 is 38.7 Å². The molecule has 3 N–H and O–H groups in total. The van der Waals surface area contributed by atoms with Crippen LogP contribution in [0.2, 0.25) is 0 Å². The average molecular weight is 596 g/mol. The number of nitrogens with zero attached hydrogens (tertiary/aromatic N) is 3. The number of nitrogens with two attached hydrogens (primary N) is 1. The van der Waals surface area contributed by atoms with Crippen LogP contribution >= 0.6 is 0 Å². The largest absolute Gasteiger partial charge is 0.449 e. The van der Waals surface area contributed by atoms with Gasteiger partial charge in [0.1, 0.15) is 5.52 Å². The van der Waals surface area contributed by atoms with Gasteiger partial charge in [0, 0.05) is 17.8 Å². The van der Waals surface area contributed by atoms with Crippen molar-refractivity contribution in [1.29, 1.82) is 0 Å². The average Bonchev–Trinajstić information content (AvgIpc) is 3.25. The Bertz CT molecular complexity index is 1580. The van der Waals surface area contributed by atoms with Gasteiger partial charge >= 0.3 is 0 Å². The van der Waals surface area contributed by atoms with Crippen molar-refractivity contribution < 1.29 is 27.2 Å². The van der Waals surface area contributed by atoms with Gasteiger partial charge in [-0.15, -0.1) is 0 Å². The molecule has 224 valence electrons. The van der Waals surface area contributed by atoms with E-state index in [0.717, 1.165) is 25.7 Å². The Morgan fingerprint density at radius 3 is 2.57 bits per heavy atom. The van der Waals surface area contributed by atoms with E-state index in [1.54, 1.807) is 38.1 Å². The fraction of sp³-hybridized carbons (Fsp3) is 0.500. The number of rotatable bonds is 8. The molecule has 3 aromatic rings. The molecule has 1 aliphatic heterocycles. The zero-order chi connectivity index (χ0) is 30.0. The molecule has 42 heavy (non-hydrogen) atoms. The number of hydrogen-bond acceptors (Lipinski definition) is 8. The lowest BCUT2D eigenvalue weighted by molar-refractivity contribution is -0.128. The summed E-state index contributed by atoms with van der Waals surface area (Å²) in [6, 6.07) is 6.75. The Hall–Kier alpha value is -3.64. The highest BCUT2D eigenvalue weighted by molar-refractivity contribution is 7.89. The number of ketones is 1. The van der Waals surface area contributed by atoms with Crippen molar-refractivity contribution in [1.82, 2.24) is 19.6 Å². The SMILES string of the molecule is Cc1c(C(N)=O)oc2ccc([C@H](CC3CCCCC3)C(=O)N[C@H]3CC[C@@H](C)N(S(=O)(=O)c4ccccn4)CC3=O)nc12. The van der Waals surface area contributed by atoms with Crippen molar-refractivity contribution in [3.05, 3.63) is 53.5 Å². The fourth-order valence-corrected chi connectivity index (χ4v) is 7.71. The first kappa shape index (κ1) is 29.8. The van der Waals surface area contributed by atoms with E-state index in [1.807, 2.05) is 0 Å². The second-order valence-electron chi connectivity index (χ2n) is 11.5. The summed E-state index contributed by atoms with van der Waals surface area (Å²) >= 11 is 0. The summed E-state index contributed by atoms with van der Waals surface area (Å²) in [6.07, 6.45) is 8.09. The third kappa shape index (κ3) is 6.10. The maximum Gasteiger partial charge on any atom is 0.284 e. The molecule has 11 nitrogen and oxygen atoms in total. The Morgan fingerprint density at radius 1 is 1.12 bits per heavy atom. The summed E-state index contributed by atoms with van der Waals surface area (Å²) in [5, 5.41) is 2.84. The van der Waals surface area contributed by atoms with E-state index in [4.69, 9.17) is 15.1 Å². The van der Waals surface area contributed by atoms with Crippen LogP contribution in [0.1, 0.15) is 86.0 Å². The molecule has 5 rings (SSSR count). The number of aryl methyl sites for hydroxylation is 1. The number of sulfonamides is 1. The van der Waals surface area contributed by atoms with E-state index in [9.17, 15) is 22.8 Å². The van der Waals surface area contributed by atoms with Gasteiger partial charge in [0.2, 0.25) is 5.91 Å². The van der Waals surface area contributed by atoms with Crippen LogP contribution in [-0.2, 0) is 19.6 Å². The standard InChI is InChI=1S/C30H37N5O6S/c1-18-11-12-23(24(36)17-35(18)42(39,40)26-10-6-7-15-32-26)34-30(38)21(16-20-8-4-3-5-9-20)22-13-14-25-27(33-22)19(2)28(41-25)29(31)37/h6-7,10,13-15,18,20-21,23H,3-5,8-9,11-12,16-17H2,1-2H3,(H2,31,37)(H,34,38)/t18-,21+,23+/m1/s1. The van der Waals surface area contributed by atoms with Crippen molar-refractivity contribution in [2.45, 2.75) is 88.2 Å². The monoisotopic (exact) mass is 595 g/mol. The summed E-state index contributed by atoms with van der Waals surface area (Å²) < 4.78 is 33.4. The van der Waals surface area contributed by atoms with Crippen LogP contribution in [0, 0.1) is 12.8 Å². The molecule has 1 saturated carbocycles. The highest BCUT2D eigenvalue weighted by atomic mass is 32.2. The van der Waals surface area contributed by atoms with Crippen LogP contribution < -0.4 is 11.1 Å². The van der Waals surface area contributed by atoms with Crippen LogP contribution in [0.15, 0.2) is 46.0 Å². The second kappa shape index (κ2) is 12.3. The molecule has 2 fully saturated rings. The Morgan fingerprint density at radius 2 is 1.88 bits per heavy atom. The zero-order valence-electron chi connectivity index (χ0n) is 23.9. The molecule has 1 saturated heterocycles. The highest BCUT2D eigenvalue weighted by Crippen LogP contribution is 2.34. The summed E-state index contributed by atoms with van der Waals surface area (Å²) in [4.78, 5) is 47.9. The predicted octanol–water partition coefficient (Wildman–Crippen LogP) is 3.61. The van der Waals surface area contributed by atoms with E-state index >= 15 is 0 Å². The zero-order valence-corrected chi connectivity index (χ0v) is 24.7. The van der Waals surface area contributed by atoms with Gasteiger partial charge in [0.25, 0.3) is 15.9 Å². The van der Waals surface area contributed by atoms with Crippen LogP contribution in [-0.4, -0.2) is 58.9 Å². The number of Topliss-reactive ketones (excluding diaryl/α,β-unsaturated/α-hetero) is 1. The van der Waals surface area contributed by atoms with Crippen LogP contribution in [0.4, 0.5) is 0 Å². The molecular formula is C30H37N5O6S. The van der Waals surface area contributed by atoms with Crippen molar-refractivity contribution in [2.24, 2.45) is 11.7 Å². The van der Waals surface area contributed by atoms with Crippen LogP contribution in [0.25, 0.3) is 11.1 Å². The lowest BCUT2D eigenvalue weighted by Crippen LogP contribution is -2.46. The first-order chi connectivity index (χ1) is 20.1. The summed E-state index contributed by atoms with van der Waals surface area (Å²) in [7, 11) is -3.99. The number of furan rings is 1.